The highest BCUT2D eigenvalue weighted by atomic mass is 19.1. The van der Waals surface area contributed by atoms with Gasteiger partial charge in [0.2, 0.25) is 0 Å². The van der Waals surface area contributed by atoms with E-state index < -0.39 is 0 Å². The summed E-state index contributed by atoms with van der Waals surface area (Å²) in [5.41, 5.74) is 5.29. The zero-order chi connectivity index (χ0) is 26.3. The quantitative estimate of drug-likeness (QED) is 0.291. The minimum Gasteiger partial charge on any atom is -0.207 e. The van der Waals surface area contributed by atoms with Gasteiger partial charge in [0.1, 0.15) is 5.82 Å². The molecule has 0 spiro atoms. The minimum atomic E-state index is 0.0885. The van der Waals surface area contributed by atoms with Crippen molar-refractivity contribution in [2.75, 3.05) is 0 Å². The van der Waals surface area contributed by atoms with Gasteiger partial charge in [-0.25, -0.2) is 4.39 Å². The maximum atomic E-state index is 15.4. The van der Waals surface area contributed by atoms with E-state index in [1.54, 1.807) is 5.56 Å². The molecule has 0 N–H and O–H groups in total. The highest BCUT2D eigenvalue weighted by Crippen LogP contribution is 2.46. The molecule has 2 aromatic rings. The monoisotopic (exact) mass is 516 g/mol. The van der Waals surface area contributed by atoms with Gasteiger partial charge in [0.15, 0.2) is 0 Å². The molecule has 0 amide bonds. The molecule has 0 heterocycles. The van der Waals surface area contributed by atoms with Gasteiger partial charge in [-0.3, -0.25) is 0 Å². The molecule has 38 heavy (non-hydrogen) atoms. The molecule has 5 rings (SSSR count). The van der Waals surface area contributed by atoms with Crippen molar-refractivity contribution in [3.05, 3.63) is 70.5 Å². The molecule has 0 radical (unpaired) electrons. The lowest BCUT2D eigenvalue weighted by molar-refractivity contribution is 0.176. The van der Waals surface area contributed by atoms with Crippen molar-refractivity contribution in [2.24, 2.45) is 17.8 Å². The predicted molar refractivity (Wildman–Crippen MR) is 160 cm³/mol. The van der Waals surface area contributed by atoms with Gasteiger partial charge in [-0.2, -0.15) is 0 Å². The Morgan fingerprint density at radius 1 is 0.605 bits per heavy atom. The number of hydrogen-bond donors (Lipinski definition) is 0. The number of rotatable bonds is 9. The smallest absolute Gasteiger partial charge is 0.126 e. The van der Waals surface area contributed by atoms with Gasteiger partial charge in [0.05, 0.1) is 0 Å². The van der Waals surface area contributed by atoms with Crippen LogP contribution in [0.25, 0.3) is 0 Å². The first kappa shape index (κ1) is 27.9. The molecule has 3 aliphatic carbocycles. The van der Waals surface area contributed by atoms with Crippen LogP contribution in [0.15, 0.2) is 42.5 Å². The van der Waals surface area contributed by atoms with Crippen LogP contribution < -0.4 is 0 Å². The Bertz CT molecular complexity index is 966. The molecule has 0 aromatic heterocycles. The first-order valence-corrected chi connectivity index (χ1v) is 16.5. The summed E-state index contributed by atoms with van der Waals surface area (Å²) in [5, 5.41) is 0. The maximum Gasteiger partial charge on any atom is 0.126 e. The van der Waals surface area contributed by atoms with E-state index in [0.29, 0.717) is 11.8 Å². The van der Waals surface area contributed by atoms with Gasteiger partial charge < -0.3 is 0 Å². The summed E-state index contributed by atoms with van der Waals surface area (Å²) in [7, 11) is 0. The number of benzene rings is 2. The van der Waals surface area contributed by atoms with E-state index in [9.17, 15) is 0 Å². The molecule has 208 valence electrons. The lowest BCUT2D eigenvalue weighted by Crippen LogP contribution is -2.25. The van der Waals surface area contributed by atoms with Crippen molar-refractivity contribution in [3.8, 4) is 0 Å². The Morgan fingerprint density at radius 3 is 1.74 bits per heavy atom. The largest absolute Gasteiger partial charge is 0.207 e. The Balaban J connectivity index is 1.07. The van der Waals surface area contributed by atoms with Crippen molar-refractivity contribution in [1.29, 1.82) is 0 Å². The van der Waals surface area contributed by atoms with Gasteiger partial charge in [-0.1, -0.05) is 75.9 Å². The van der Waals surface area contributed by atoms with E-state index in [4.69, 9.17) is 0 Å². The van der Waals surface area contributed by atoms with E-state index in [1.165, 1.54) is 114 Å². The highest BCUT2D eigenvalue weighted by Gasteiger charge is 2.32. The topological polar surface area (TPSA) is 0 Å². The molecule has 3 aliphatic rings. The SMILES string of the molecule is CCCCC[C@H]1CC[C@H](c2ccc(C3CCC([C@H]4CC[C@H](c5ccc(CC)cc5)CC4)CC3)c(F)c2)CC1. The molecule has 0 atom stereocenters. The standard InChI is InChI=1S/C37H53F/c1-3-5-6-7-28-10-14-33(15-11-28)35-24-25-36(37(38)26-35)34-22-20-32(21-23-34)31-18-16-30(17-19-31)29-12-8-27(4-2)9-13-29/h8-9,12-13,24-26,28,30-34H,3-7,10-11,14-23H2,1-2H3/t28-,30-,31-,32?,33-,34?. The molecule has 0 saturated heterocycles. The van der Waals surface area contributed by atoms with Crippen molar-refractivity contribution < 1.29 is 4.39 Å². The van der Waals surface area contributed by atoms with Crippen LogP contribution in [0.3, 0.4) is 0 Å². The number of unbranched alkanes of at least 4 members (excludes halogenated alkanes) is 2. The molecule has 0 bridgehead atoms. The third-order valence-electron chi connectivity index (χ3n) is 11.1. The van der Waals surface area contributed by atoms with Crippen LogP contribution >= 0.6 is 0 Å². The third-order valence-corrected chi connectivity index (χ3v) is 11.1. The van der Waals surface area contributed by atoms with Gasteiger partial charge in [-0.15, -0.1) is 0 Å². The average Bonchev–Trinajstić information content (AvgIpc) is 2.98. The lowest BCUT2D eigenvalue weighted by Gasteiger charge is -2.38. The summed E-state index contributed by atoms with van der Waals surface area (Å²) in [5.74, 6) is 4.54. The van der Waals surface area contributed by atoms with Crippen LogP contribution in [0, 0.1) is 23.6 Å². The Labute approximate surface area is 233 Å². The van der Waals surface area contributed by atoms with E-state index in [2.05, 4.69) is 50.2 Å². The van der Waals surface area contributed by atoms with E-state index in [0.717, 1.165) is 35.7 Å². The summed E-state index contributed by atoms with van der Waals surface area (Å²) < 4.78 is 15.4. The fraction of sp³-hybridized carbons (Fsp3) is 0.676. The fourth-order valence-corrected chi connectivity index (χ4v) is 8.45. The highest BCUT2D eigenvalue weighted by molar-refractivity contribution is 5.30. The minimum absolute atomic E-state index is 0.0885. The van der Waals surface area contributed by atoms with Crippen LogP contribution in [0.4, 0.5) is 4.39 Å². The second-order valence-electron chi connectivity index (χ2n) is 13.3. The Hall–Kier alpha value is -1.63. The first-order chi connectivity index (χ1) is 18.6. The van der Waals surface area contributed by atoms with Gasteiger partial charge >= 0.3 is 0 Å². The van der Waals surface area contributed by atoms with E-state index in [-0.39, 0.29) is 5.82 Å². The van der Waals surface area contributed by atoms with Gasteiger partial charge in [-0.05, 0) is 147 Å². The fourth-order valence-electron chi connectivity index (χ4n) is 8.45. The van der Waals surface area contributed by atoms with Gasteiger partial charge in [0.25, 0.3) is 0 Å². The predicted octanol–water partition coefficient (Wildman–Crippen LogP) is 11.5. The molecular weight excluding hydrogens is 463 g/mol. The molecule has 0 aliphatic heterocycles. The first-order valence-electron chi connectivity index (χ1n) is 16.5. The second kappa shape index (κ2) is 13.6. The van der Waals surface area contributed by atoms with E-state index >= 15 is 4.39 Å². The van der Waals surface area contributed by atoms with Crippen LogP contribution in [0.5, 0.6) is 0 Å². The van der Waals surface area contributed by atoms with E-state index in [1.807, 2.05) is 6.07 Å². The number of aryl methyl sites for hydroxylation is 1. The molecule has 0 unspecified atom stereocenters. The summed E-state index contributed by atoms with van der Waals surface area (Å²) in [6.45, 7) is 4.53. The van der Waals surface area contributed by atoms with Crippen LogP contribution in [0.1, 0.15) is 157 Å². The number of hydrogen-bond acceptors (Lipinski definition) is 0. The molecule has 2 aromatic carbocycles. The van der Waals surface area contributed by atoms with Crippen LogP contribution in [0.2, 0.25) is 0 Å². The summed E-state index contributed by atoms with van der Waals surface area (Å²) in [6, 6.07) is 15.8. The Kier molecular flexibility index (Phi) is 10.0. The summed E-state index contributed by atoms with van der Waals surface area (Å²) >= 11 is 0. The second-order valence-corrected chi connectivity index (χ2v) is 13.3. The molecular formula is C37H53F. The van der Waals surface area contributed by atoms with Crippen LogP contribution in [-0.4, -0.2) is 0 Å². The number of halogens is 1. The maximum absolute atomic E-state index is 15.4. The molecule has 3 fully saturated rings. The van der Waals surface area contributed by atoms with Crippen molar-refractivity contribution in [1.82, 2.24) is 0 Å². The molecule has 3 saturated carbocycles. The third kappa shape index (κ3) is 6.92. The average molecular weight is 517 g/mol. The zero-order valence-electron chi connectivity index (χ0n) is 24.4. The molecule has 1 heteroatoms. The zero-order valence-corrected chi connectivity index (χ0v) is 24.4. The summed E-state index contributed by atoms with van der Waals surface area (Å²) in [6.07, 6.45) is 22.3. The normalized spacial score (nSPS) is 30.3. The summed E-state index contributed by atoms with van der Waals surface area (Å²) in [4.78, 5) is 0. The Morgan fingerprint density at radius 2 is 1.16 bits per heavy atom. The molecule has 0 nitrogen and oxygen atoms in total. The van der Waals surface area contributed by atoms with Crippen molar-refractivity contribution in [3.63, 3.8) is 0 Å². The van der Waals surface area contributed by atoms with Gasteiger partial charge in [0, 0.05) is 0 Å². The van der Waals surface area contributed by atoms with Crippen molar-refractivity contribution >= 4 is 0 Å². The van der Waals surface area contributed by atoms with Crippen LogP contribution in [-0.2, 0) is 6.42 Å². The lowest BCUT2D eigenvalue weighted by atomic mass is 9.67. The van der Waals surface area contributed by atoms with Crippen molar-refractivity contribution in [2.45, 2.75) is 141 Å².